The van der Waals surface area contributed by atoms with Crippen molar-refractivity contribution in [3.8, 4) is 0 Å². The van der Waals surface area contributed by atoms with E-state index in [1.165, 1.54) is 6.08 Å². The molecule has 3 N–H and O–H groups in total. The normalized spacial score (nSPS) is 11.4. The van der Waals surface area contributed by atoms with Gasteiger partial charge in [-0.15, -0.1) is 6.58 Å². The number of H-pyrrole nitrogens is 1. The van der Waals surface area contributed by atoms with E-state index in [2.05, 4.69) is 26.6 Å². The molecule has 1 aromatic heterocycles. The van der Waals surface area contributed by atoms with Gasteiger partial charge in [0, 0.05) is 25.1 Å². The molecule has 0 aliphatic rings. The van der Waals surface area contributed by atoms with Crippen LogP contribution in [-0.2, 0) is 27.0 Å². The number of hydrogen-bond acceptors (Lipinski definition) is 5. The van der Waals surface area contributed by atoms with Crippen molar-refractivity contribution in [1.29, 1.82) is 0 Å². The zero-order valence-corrected chi connectivity index (χ0v) is 17.7. The highest BCUT2D eigenvalue weighted by Gasteiger charge is 2.11. The molecule has 2 aromatic carbocycles. The summed E-state index contributed by atoms with van der Waals surface area (Å²) in [5.74, 6) is 0.231. The van der Waals surface area contributed by atoms with Gasteiger partial charge in [-0.05, 0) is 36.2 Å². The molecule has 0 saturated carbocycles. The number of carbonyl (C=O) groups excluding carboxylic acids is 1. The van der Waals surface area contributed by atoms with Gasteiger partial charge in [-0.3, -0.25) is 9.59 Å². The summed E-state index contributed by atoms with van der Waals surface area (Å²) in [6, 6.07) is 13.8. The quantitative estimate of drug-likeness (QED) is 0.418. The number of carbonyl (C=O) groups is 1. The molecule has 3 rings (SSSR count). The molecular weight excluding hydrogens is 416 g/mol. The number of anilines is 1. The molecule has 1 heterocycles. The molecule has 162 valence electrons. The number of nitrogens with zero attached hydrogens (tertiary/aromatic N) is 1. The van der Waals surface area contributed by atoms with Crippen molar-refractivity contribution in [2.45, 2.75) is 25.0 Å². The van der Waals surface area contributed by atoms with Gasteiger partial charge < -0.3 is 10.3 Å². The van der Waals surface area contributed by atoms with Crippen LogP contribution >= 0.6 is 0 Å². The fourth-order valence-electron chi connectivity index (χ4n) is 3.03. The van der Waals surface area contributed by atoms with Crippen LogP contribution in [0, 0.1) is 0 Å². The molecule has 0 spiro atoms. The van der Waals surface area contributed by atoms with Gasteiger partial charge in [0.1, 0.15) is 5.82 Å². The molecule has 0 saturated heterocycles. The first-order valence-corrected chi connectivity index (χ1v) is 11.5. The van der Waals surface area contributed by atoms with Crippen molar-refractivity contribution >= 4 is 32.5 Å². The van der Waals surface area contributed by atoms with E-state index in [1.807, 2.05) is 6.07 Å². The monoisotopic (exact) mass is 440 g/mol. The minimum atomic E-state index is -3.43. The Kier molecular flexibility index (Phi) is 7.32. The Bertz CT molecular complexity index is 1230. The van der Waals surface area contributed by atoms with E-state index in [1.54, 1.807) is 42.5 Å². The van der Waals surface area contributed by atoms with Crippen LogP contribution in [0.1, 0.15) is 24.2 Å². The van der Waals surface area contributed by atoms with Crippen LogP contribution in [0.4, 0.5) is 5.69 Å². The van der Waals surface area contributed by atoms with Crippen LogP contribution < -0.4 is 15.6 Å². The van der Waals surface area contributed by atoms with E-state index in [0.717, 1.165) is 0 Å². The highest BCUT2D eigenvalue weighted by atomic mass is 32.2. The lowest BCUT2D eigenvalue weighted by Crippen LogP contribution is -2.25. The SMILES string of the molecule is C=CCNS(=O)(=O)Cc1ccc(NC(=O)CCCc2nc3ccccc3c(=O)[nH]2)cc1. The lowest BCUT2D eigenvalue weighted by atomic mass is 10.2. The predicted molar refractivity (Wildman–Crippen MR) is 121 cm³/mol. The average molecular weight is 441 g/mol. The van der Waals surface area contributed by atoms with E-state index >= 15 is 0 Å². The summed E-state index contributed by atoms with van der Waals surface area (Å²) in [7, 11) is -3.43. The number of aromatic nitrogens is 2. The van der Waals surface area contributed by atoms with Crippen molar-refractivity contribution in [3.63, 3.8) is 0 Å². The van der Waals surface area contributed by atoms with Gasteiger partial charge in [0.05, 0.1) is 16.7 Å². The van der Waals surface area contributed by atoms with E-state index in [0.29, 0.717) is 40.8 Å². The van der Waals surface area contributed by atoms with Crippen molar-refractivity contribution in [2.75, 3.05) is 11.9 Å². The van der Waals surface area contributed by atoms with Crippen LogP contribution in [0.25, 0.3) is 10.9 Å². The molecule has 3 aromatic rings. The van der Waals surface area contributed by atoms with E-state index in [-0.39, 0.29) is 30.2 Å². The Balaban J connectivity index is 1.50. The first kappa shape index (κ1) is 22.4. The third kappa shape index (κ3) is 6.59. The Labute approximate surface area is 180 Å². The molecule has 0 atom stereocenters. The summed E-state index contributed by atoms with van der Waals surface area (Å²) in [6.45, 7) is 3.66. The van der Waals surface area contributed by atoms with Gasteiger partial charge >= 0.3 is 0 Å². The van der Waals surface area contributed by atoms with Crippen LogP contribution in [-0.4, -0.2) is 30.8 Å². The lowest BCUT2D eigenvalue weighted by molar-refractivity contribution is -0.116. The first-order valence-electron chi connectivity index (χ1n) is 9.81. The topological polar surface area (TPSA) is 121 Å². The second-order valence-corrected chi connectivity index (χ2v) is 8.83. The van der Waals surface area contributed by atoms with Crippen molar-refractivity contribution in [1.82, 2.24) is 14.7 Å². The molecule has 0 unspecified atom stereocenters. The number of rotatable bonds is 10. The number of aryl methyl sites for hydroxylation is 1. The minimum absolute atomic E-state index is 0.147. The van der Waals surface area contributed by atoms with Gasteiger partial charge in [-0.1, -0.05) is 30.3 Å². The summed E-state index contributed by atoms with van der Waals surface area (Å²) < 4.78 is 26.2. The number of amides is 1. The summed E-state index contributed by atoms with van der Waals surface area (Å²) in [4.78, 5) is 31.5. The Morgan fingerprint density at radius 2 is 1.87 bits per heavy atom. The molecule has 0 fully saturated rings. The number of aromatic amines is 1. The average Bonchev–Trinajstić information content (AvgIpc) is 2.74. The van der Waals surface area contributed by atoms with Crippen LogP contribution in [0.15, 0.2) is 66.0 Å². The number of benzene rings is 2. The standard InChI is InChI=1S/C22H24N4O4S/c1-2-14-23-31(29,30)15-16-10-12-17(13-11-16)24-21(27)9-5-8-20-25-19-7-4-3-6-18(19)22(28)26-20/h2-4,6-7,10-13,23H,1,5,8-9,14-15H2,(H,24,27)(H,25,26,28). The number of para-hydroxylation sites is 1. The van der Waals surface area contributed by atoms with Crippen molar-refractivity contribution in [3.05, 3.63) is 82.9 Å². The fourth-order valence-corrected chi connectivity index (χ4v) is 4.14. The van der Waals surface area contributed by atoms with Crippen LogP contribution in [0.2, 0.25) is 0 Å². The summed E-state index contributed by atoms with van der Waals surface area (Å²) in [5.41, 5.74) is 1.64. The zero-order chi connectivity index (χ0) is 22.3. The van der Waals surface area contributed by atoms with Gasteiger partial charge in [0.2, 0.25) is 15.9 Å². The molecule has 1 amide bonds. The maximum Gasteiger partial charge on any atom is 0.258 e. The lowest BCUT2D eigenvalue weighted by Gasteiger charge is -2.08. The smallest absolute Gasteiger partial charge is 0.258 e. The molecule has 0 aliphatic heterocycles. The maximum atomic E-state index is 12.2. The molecule has 9 heteroatoms. The van der Waals surface area contributed by atoms with E-state index in [9.17, 15) is 18.0 Å². The minimum Gasteiger partial charge on any atom is -0.326 e. The van der Waals surface area contributed by atoms with E-state index in [4.69, 9.17) is 0 Å². The van der Waals surface area contributed by atoms with Gasteiger partial charge in [0.15, 0.2) is 0 Å². The molecule has 0 aliphatic carbocycles. The second-order valence-electron chi connectivity index (χ2n) is 7.02. The van der Waals surface area contributed by atoms with Crippen LogP contribution in [0.3, 0.4) is 0 Å². The third-order valence-electron chi connectivity index (χ3n) is 4.52. The molecule has 8 nitrogen and oxygen atoms in total. The molecular formula is C22H24N4O4S. The van der Waals surface area contributed by atoms with Gasteiger partial charge in [-0.2, -0.15) is 0 Å². The number of hydrogen-bond donors (Lipinski definition) is 3. The highest BCUT2D eigenvalue weighted by Crippen LogP contribution is 2.13. The Morgan fingerprint density at radius 1 is 1.13 bits per heavy atom. The van der Waals surface area contributed by atoms with Crippen molar-refractivity contribution in [2.24, 2.45) is 0 Å². The highest BCUT2D eigenvalue weighted by molar-refractivity contribution is 7.88. The van der Waals surface area contributed by atoms with Gasteiger partial charge in [-0.25, -0.2) is 18.1 Å². The number of nitrogens with one attached hydrogen (secondary N) is 3. The Morgan fingerprint density at radius 3 is 2.61 bits per heavy atom. The third-order valence-corrected chi connectivity index (χ3v) is 5.84. The predicted octanol–water partition coefficient (Wildman–Crippen LogP) is 2.49. The number of sulfonamides is 1. The summed E-state index contributed by atoms with van der Waals surface area (Å²) in [5, 5.41) is 3.32. The number of fused-ring (bicyclic) bond motifs is 1. The summed E-state index contributed by atoms with van der Waals surface area (Å²) >= 11 is 0. The zero-order valence-electron chi connectivity index (χ0n) is 16.9. The first-order chi connectivity index (χ1) is 14.9. The van der Waals surface area contributed by atoms with Crippen LogP contribution in [0.5, 0.6) is 0 Å². The molecule has 31 heavy (non-hydrogen) atoms. The molecule has 0 bridgehead atoms. The largest absolute Gasteiger partial charge is 0.326 e. The Hall–Kier alpha value is -3.30. The molecule has 0 radical (unpaired) electrons. The maximum absolute atomic E-state index is 12.2. The fraction of sp³-hybridized carbons (Fsp3) is 0.227. The van der Waals surface area contributed by atoms with Gasteiger partial charge in [0.25, 0.3) is 5.56 Å². The van der Waals surface area contributed by atoms with Crippen molar-refractivity contribution < 1.29 is 13.2 Å². The van der Waals surface area contributed by atoms with E-state index < -0.39 is 10.0 Å². The summed E-state index contributed by atoms with van der Waals surface area (Å²) in [6.07, 6.45) is 2.74. The second kappa shape index (κ2) is 10.1.